The van der Waals surface area contributed by atoms with Gasteiger partial charge in [-0.3, -0.25) is 4.79 Å². The summed E-state index contributed by atoms with van der Waals surface area (Å²) in [7, 11) is 1.55. The molecule has 9 heteroatoms. The normalized spacial score (nSPS) is 11.0. The van der Waals surface area contributed by atoms with Gasteiger partial charge in [-0.1, -0.05) is 35.9 Å². The second kappa shape index (κ2) is 8.70. The number of methoxy groups -OCH3 is 1. The molecule has 0 aliphatic carbocycles. The van der Waals surface area contributed by atoms with E-state index in [0.717, 1.165) is 10.2 Å². The zero-order chi connectivity index (χ0) is 23.7. The minimum atomic E-state index is -0.469. The molecule has 1 N–H and O–H groups in total. The average molecular weight is 455 g/mol. The van der Waals surface area contributed by atoms with E-state index in [1.165, 1.54) is 4.40 Å². The Hall–Kier alpha value is -4.66. The number of amides is 1. The Bertz CT molecular complexity index is 1570. The summed E-state index contributed by atoms with van der Waals surface area (Å²) >= 11 is 0. The molecule has 2 aromatic heterocycles. The lowest BCUT2D eigenvalue weighted by molar-refractivity contribution is -0.117. The van der Waals surface area contributed by atoms with Gasteiger partial charge in [-0.2, -0.15) is 0 Å². The third-order valence-corrected chi connectivity index (χ3v) is 5.26. The maximum atomic E-state index is 13.3. The predicted molar refractivity (Wildman–Crippen MR) is 128 cm³/mol. The zero-order valence-corrected chi connectivity index (χ0v) is 18.6. The van der Waals surface area contributed by atoms with Crippen molar-refractivity contribution in [3.05, 3.63) is 88.8 Å². The van der Waals surface area contributed by atoms with E-state index < -0.39 is 11.6 Å². The van der Waals surface area contributed by atoms with Gasteiger partial charge in [-0.25, -0.2) is 18.9 Å². The van der Waals surface area contributed by atoms with E-state index in [1.54, 1.807) is 43.5 Å². The fraction of sp³-hybridized carbons (Fsp3) is 0.120. The first kappa shape index (κ1) is 21.2. The van der Waals surface area contributed by atoms with Crippen molar-refractivity contribution in [1.82, 2.24) is 19.2 Å². The van der Waals surface area contributed by atoms with Crippen LogP contribution in [-0.4, -0.2) is 32.2 Å². The fourth-order valence-electron chi connectivity index (χ4n) is 3.60. The molecule has 0 saturated carbocycles. The van der Waals surface area contributed by atoms with Gasteiger partial charge >= 0.3 is 5.69 Å². The molecule has 0 fully saturated rings. The van der Waals surface area contributed by atoms with E-state index in [1.807, 2.05) is 43.3 Å². The summed E-state index contributed by atoms with van der Waals surface area (Å²) in [6.45, 7) is 1.70. The Morgan fingerprint density at radius 2 is 1.79 bits per heavy atom. The van der Waals surface area contributed by atoms with E-state index in [9.17, 15) is 9.59 Å². The molecular weight excluding hydrogens is 434 g/mol. The number of benzene rings is 3. The molecule has 0 bridgehead atoms. The highest BCUT2D eigenvalue weighted by molar-refractivity contribution is 5.90. The van der Waals surface area contributed by atoms with Gasteiger partial charge in [0.2, 0.25) is 11.6 Å². The lowest BCUT2D eigenvalue weighted by Gasteiger charge is -2.07. The van der Waals surface area contributed by atoms with Crippen molar-refractivity contribution in [3.63, 3.8) is 0 Å². The van der Waals surface area contributed by atoms with Crippen LogP contribution in [0.25, 0.3) is 16.7 Å². The van der Waals surface area contributed by atoms with Gasteiger partial charge in [0.1, 0.15) is 18.0 Å². The molecule has 34 heavy (non-hydrogen) atoms. The van der Waals surface area contributed by atoms with Gasteiger partial charge in [-0.05, 0) is 43.3 Å². The second-order valence-electron chi connectivity index (χ2n) is 7.70. The van der Waals surface area contributed by atoms with Gasteiger partial charge in [0.15, 0.2) is 0 Å². The van der Waals surface area contributed by atoms with Crippen molar-refractivity contribution in [2.24, 2.45) is 0 Å². The smallest absolute Gasteiger partial charge is 0.351 e. The maximum absolute atomic E-state index is 13.3. The number of rotatable bonds is 6. The van der Waals surface area contributed by atoms with Crippen LogP contribution < -0.4 is 20.5 Å². The molecule has 0 atom stereocenters. The number of aromatic nitrogens is 4. The van der Waals surface area contributed by atoms with Crippen molar-refractivity contribution in [2.75, 3.05) is 12.4 Å². The average Bonchev–Trinajstić information content (AvgIpc) is 3.17. The van der Waals surface area contributed by atoms with Crippen molar-refractivity contribution >= 4 is 28.3 Å². The number of hydrogen-bond acceptors (Lipinski definition) is 6. The first-order chi connectivity index (χ1) is 16.5. The van der Waals surface area contributed by atoms with E-state index in [0.29, 0.717) is 28.2 Å². The summed E-state index contributed by atoms with van der Waals surface area (Å²) in [5.41, 5.74) is 2.53. The van der Waals surface area contributed by atoms with Crippen molar-refractivity contribution in [1.29, 1.82) is 0 Å². The topological polar surface area (TPSA) is 99.8 Å². The first-order valence-corrected chi connectivity index (χ1v) is 10.6. The SMILES string of the molecule is COc1cccc(NC(=O)Cn2nc3c(Oc4ccc(C)cc4)nc4ccccc4n3c2=O)c1. The van der Waals surface area contributed by atoms with Gasteiger partial charge in [0, 0.05) is 11.8 Å². The summed E-state index contributed by atoms with van der Waals surface area (Å²) in [5.74, 6) is 0.940. The molecule has 9 nitrogen and oxygen atoms in total. The second-order valence-corrected chi connectivity index (χ2v) is 7.70. The Kier molecular flexibility index (Phi) is 5.43. The van der Waals surface area contributed by atoms with Gasteiger partial charge in [-0.15, -0.1) is 5.10 Å². The quantitative estimate of drug-likeness (QED) is 0.418. The molecule has 0 saturated heterocycles. The third kappa shape index (κ3) is 4.06. The first-order valence-electron chi connectivity index (χ1n) is 10.6. The van der Waals surface area contributed by atoms with Gasteiger partial charge in [0.25, 0.3) is 5.88 Å². The number of nitrogens with zero attached hydrogens (tertiary/aromatic N) is 4. The van der Waals surface area contributed by atoms with Crippen LogP contribution in [0.3, 0.4) is 0 Å². The number of nitrogens with one attached hydrogen (secondary N) is 1. The number of aryl methyl sites for hydroxylation is 1. The molecule has 2 heterocycles. The number of ether oxygens (including phenoxy) is 2. The largest absolute Gasteiger partial charge is 0.497 e. The van der Waals surface area contributed by atoms with Crippen LogP contribution in [0.4, 0.5) is 5.69 Å². The lowest BCUT2D eigenvalue weighted by Crippen LogP contribution is -2.28. The maximum Gasteiger partial charge on any atom is 0.351 e. The number of fused-ring (bicyclic) bond motifs is 3. The number of anilines is 1. The van der Waals surface area contributed by atoms with Crippen LogP contribution in [-0.2, 0) is 11.3 Å². The summed E-state index contributed by atoms with van der Waals surface area (Å²) in [6.07, 6.45) is 0. The number of hydrogen-bond donors (Lipinski definition) is 1. The standard InChI is InChI=1S/C25H21N5O4/c1-16-10-12-18(13-11-16)34-24-23-28-29(15-22(31)26-17-6-5-7-19(14-17)33-2)25(32)30(23)21-9-4-3-8-20(21)27-24/h3-14H,15H2,1-2H3,(H,26,31). The molecular formula is C25H21N5O4. The Morgan fingerprint density at radius 1 is 1.00 bits per heavy atom. The number of para-hydroxylation sites is 2. The Balaban J connectivity index is 1.53. The van der Waals surface area contributed by atoms with Crippen molar-refractivity contribution in [3.8, 4) is 17.4 Å². The molecule has 0 unspecified atom stereocenters. The van der Waals surface area contributed by atoms with Gasteiger partial charge < -0.3 is 14.8 Å². The Labute approximate surface area is 194 Å². The van der Waals surface area contributed by atoms with Crippen molar-refractivity contribution < 1.29 is 14.3 Å². The lowest BCUT2D eigenvalue weighted by atomic mass is 10.2. The molecule has 0 radical (unpaired) electrons. The highest BCUT2D eigenvalue weighted by atomic mass is 16.5. The molecule has 0 aliphatic heterocycles. The predicted octanol–water partition coefficient (Wildman–Crippen LogP) is 3.79. The van der Waals surface area contributed by atoms with Crippen LogP contribution in [0, 0.1) is 6.92 Å². The summed E-state index contributed by atoms with van der Waals surface area (Å²) in [5, 5.41) is 7.14. The minimum absolute atomic E-state index is 0.173. The van der Waals surface area contributed by atoms with Gasteiger partial charge in [0.05, 0.1) is 18.1 Å². The van der Waals surface area contributed by atoms with Crippen LogP contribution in [0.1, 0.15) is 5.56 Å². The van der Waals surface area contributed by atoms with E-state index >= 15 is 0 Å². The molecule has 170 valence electrons. The number of carbonyl (C=O) groups excluding carboxylic acids is 1. The minimum Gasteiger partial charge on any atom is -0.497 e. The molecule has 0 aliphatic rings. The number of carbonyl (C=O) groups is 1. The molecule has 3 aromatic carbocycles. The van der Waals surface area contributed by atoms with Crippen LogP contribution in [0.15, 0.2) is 77.6 Å². The monoisotopic (exact) mass is 455 g/mol. The molecule has 5 rings (SSSR count). The fourth-order valence-corrected chi connectivity index (χ4v) is 3.60. The van der Waals surface area contributed by atoms with E-state index in [-0.39, 0.29) is 18.1 Å². The molecule has 1 amide bonds. The zero-order valence-electron chi connectivity index (χ0n) is 18.6. The summed E-state index contributed by atoms with van der Waals surface area (Å²) in [6, 6.07) is 21.6. The van der Waals surface area contributed by atoms with Crippen LogP contribution in [0.5, 0.6) is 17.4 Å². The third-order valence-electron chi connectivity index (χ3n) is 5.26. The summed E-state index contributed by atoms with van der Waals surface area (Å²) in [4.78, 5) is 30.5. The Morgan fingerprint density at radius 3 is 2.59 bits per heavy atom. The molecule has 0 spiro atoms. The van der Waals surface area contributed by atoms with E-state index in [2.05, 4.69) is 15.4 Å². The van der Waals surface area contributed by atoms with Crippen LogP contribution >= 0.6 is 0 Å². The highest BCUT2D eigenvalue weighted by Crippen LogP contribution is 2.26. The summed E-state index contributed by atoms with van der Waals surface area (Å²) < 4.78 is 13.7. The molecule has 5 aromatic rings. The highest BCUT2D eigenvalue weighted by Gasteiger charge is 2.19. The van der Waals surface area contributed by atoms with Crippen LogP contribution in [0.2, 0.25) is 0 Å². The van der Waals surface area contributed by atoms with E-state index in [4.69, 9.17) is 9.47 Å². The van der Waals surface area contributed by atoms with Crippen molar-refractivity contribution in [2.45, 2.75) is 13.5 Å².